The molecule has 0 bridgehead atoms. The van der Waals surface area contributed by atoms with Gasteiger partial charge in [-0.3, -0.25) is 4.79 Å². The Bertz CT molecular complexity index is 451. The average Bonchev–Trinajstić information content (AvgIpc) is 2.32. The van der Waals surface area contributed by atoms with Crippen molar-refractivity contribution in [1.82, 2.24) is 10.6 Å². The van der Waals surface area contributed by atoms with Crippen molar-refractivity contribution in [2.75, 3.05) is 6.54 Å². The fourth-order valence-corrected chi connectivity index (χ4v) is 3.39. The van der Waals surface area contributed by atoms with Gasteiger partial charge in [0.05, 0.1) is 5.56 Å². The van der Waals surface area contributed by atoms with Gasteiger partial charge >= 0.3 is 0 Å². The fraction of sp³-hybridized carbons (Fsp3) is 0.462. The smallest absolute Gasteiger partial charge is 0.252 e. The lowest BCUT2D eigenvalue weighted by atomic mass is 9.99. The molecule has 1 fully saturated rings. The largest absolute Gasteiger partial charge is 0.348 e. The van der Waals surface area contributed by atoms with E-state index in [1.807, 2.05) is 18.2 Å². The Hall–Kier alpha value is -0.390. The first-order valence-corrected chi connectivity index (χ1v) is 7.66. The molecule has 3 nitrogen and oxygen atoms in total. The minimum absolute atomic E-state index is 0.0186. The fourth-order valence-electron chi connectivity index (χ4n) is 2.16. The van der Waals surface area contributed by atoms with E-state index in [0.29, 0.717) is 11.6 Å². The molecular formula is C13H16Br2N2O. The van der Waals surface area contributed by atoms with Crippen molar-refractivity contribution in [1.29, 1.82) is 0 Å². The minimum atomic E-state index is -0.0186. The summed E-state index contributed by atoms with van der Waals surface area (Å²) in [6.45, 7) is 3.15. The molecule has 1 aliphatic rings. The number of nitrogens with one attached hydrogen (secondary N) is 2. The number of rotatable bonds is 2. The number of carbonyl (C=O) groups excluding carboxylic acids is 1. The van der Waals surface area contributed by atoms with Crippen molar-refractivity contribution in [3.05, 3.63) is 32.7 Å². The molecule has 18 heavy (non-hydrogen) atoms. The lowest BCUT2D eigenvalue weighted by Crippen LogP contribution is -2.51. The lowest BCUT2D eigenvalue weighted by molar-refractivity contribution is 0.0919. The van der Waals surface area contributed by atoms with E-state index in [1.165, 1.54) is 0 Å². The molecule has 1 heterocycles. The molecule has 1 aliphatic heterocycles. The van der Waals surface area contributed by atoms with Crippen LogP contribution < -0.4 is 10.6 Å². The molecule has 98 valence electrons. The number of carbonyl (C=O) groups is 1. The van der Waals surface area contributed by atoms with Crippen LogP contribution in [-0.4, -0.2) is 24.5 Å². The van der Waals surface area contributed by atoms with E-state index < -0.39 is 0 Å². The van der Waals surface area contributed by atoms with E-state index in [9.17, 15) is 4.79 Å². The Balaban J connectivity index is 2.07. The van der Waals surface area contributed by atoms with E-state index in [1.54, 1.807) is 0 Å². The third kappa shape index (κ3) is 3.33. The van der Waals surface area contributed by atoms with Crippen LogP contribution in [0.2, 0.25) is 0 Å². The first-order valence-electron chi connectivity index (χ1n) is 6.07. The maximum absolute atomic E-state index is 12.2. The summed E-state index contributed by atoms with van der Waals surface area (Å²) in [6, 6.07) is 6.13. The summed E-state index contributed by atoms with van der Waals surface area (Å²) >= 11 is 6.80. The molecule has 1 saturated heterocycles. The van der Waals surface area contributed by atoms with Crippen LogP contribution in [0, 0.1) is 0 Å². The molecule has 2 unspecified atom stereocenters. The minimum Gasteiger partial charge on any atom is -0.348 e. The molecule has 0 radical (unpaired) electrons. The van der Waals surface area contributed by atoms with Crippen LogP contribution in [0.3, 0.4) is 0 Å². The Morgan fingerprint density at radius 3 is 2.89 bits per heavy atom. The molecule has 0 aliphatic carbocycles. The molecule has 1 amide bonds. The first kappa shape index (κ1) is 14.0. The number of amides is 1. The summed E-state index contributed by atoms with van der Waals surface area (Å²) in [5.74, 6) is -0.0186. The predicted molar refractivity (Wildman–Crippen MR) is 79.8 cm³/mol. The zero-order valence-electron chi connectivity index (χ0n) is 10.2. The van der Waals surface area contributed by atoms with Crippen molar-refractivity contribution in [2.45, 2.75) is 31.8 Å². The zero-order chi connectivity index (χ0) is 13.1. The summed E-state index contributed by atoms with van der Waals surface area (Å²) in [5.41, 5.74) is 0.677. The van der Waals surface area contributed by atoms with Crippen LogP contribution in [-0.2, 0) is 0 Å². The van der Waals surface area contributed by atoms with Crippen LogP contribution in [0.25, 0.3) is 0 Å². The van der Waals surface area contributed by atoms with Crippen molar-refractivity contribution in [3.8, 4) is 0 Å². The van der Waals surface area contributed by atoms with Gasteiger partial charge in [-0.2, -0.15) is 0 Å². The van der Waals surface area contributed by atoms with Crippen LogP contribution in [0.4, 0.5) is 0 Å². The molecule has 1 aromatic carbocycles. The quantitative estimate of drug-likeness (QED) is 0.833. The van der Waals surface area contributed by atoms with Gasteiger partial charge in [0.15, 0.2) is 0 Å². The van der Waals surface area contributed by atoms with Gasteiger partial charge in [0.1, 0.15) is 0 Å². The topological polar surface area (TPSA) is 41.1 Å². The van der Waals surface area contributed by atoms with E-state index in [-0.39, 0.29) is 11.9 Å². The SMILES string of the molecule is CC1NCCCC1NC(=O)c1ccc(Br)cc1Br. The van der Waals surface area contributed by atoms with Gasteiger partial charge in [-0.05, 0) is 60.4 Å². The maximum atomic E-state index is 12.2. The number of hydrogen-bond acceptors (Lipinski definition) is 2. The summed E-state index contributed by atoms with van der Waals surface area (Å²) in [4.78, 5) is 12.2. The van der Waals surface area contributed by atoms with E-state index >= 15 is 0 Å². The standard InChI is InChI=1S/C13H16Br2N2O/c1-8-12(3-2-6-16-8)17-13(18)10-5-4-9(14)7-11(10)15/h4-5,7-8,12,16H,2-3,6H2,1H3,(H,17,18). The third-order valence-corrected chi connectivity index (χ3v) is 4.40. The Labute approximate surface area is 124 Å². The predicted octanol–water partition coefficient (Wildman–Crippen LogP) is 3.08. The molecule has 2 atom stereocenters. The normalized spacial score (nSPS) is 23.7. The number of hydrogen-bond donors (Lipinski definition) is 2. The van der Waals surface area contributed by atoms with Crippen LogP contribution in [0.5, 0.6) is 0 Å². The molecule has 2 N–H and O–H groups in total. The molecule has 1 aromatic rings. The summed E-state index contributed by atoms with van der Waals surface area (Å²) < 4.78 is 1.77. The third-order valence-electron chi connectivity index (χ3n) is 3.25. The van der Waals surface area contributed by atoms with E-state index in [2.05, 4.69) is 49.4 Å². The van der Waals surface area contributed by atoms with Crippen LogP contribution in [0.15, 0.2) is 27.1 Å². The zero-order valence-corrected chi connectivity index (χ0v) is 13.3. The summed E-state index contributed by atoms with van der Waals surface area (Å²) in [7, 11) is 0. The molecule has 0 spiro atoms. The second-order valence-corrected chi connectivity index (χ2v) is 6.36. The number of halogens is 2. The molecular weight excluding hydrogens is 360 g/mol. The number of benzene rings is 1. The highest BCUT2D eigenvalue weighted by atomic mass is 79.9. The van der Waals surface area contributed by atoms with Crippen LogP contribution >= 0.6 is 31.9 Å². The van der Waals surface area contributed by atoms with Gasteiger partial charge in [-0.1, -0.05) is 15.9 Å². The van der Waals surface area contributed by atoms with Gasteiger partial charge in [0.2, 0.25) is 0 Å². The van der Waals surface area contributed by atoms with Crippen LogP contribution in [0.1, 0.15) is 30.1 Å². The molecule has 5 heteroatoms. The molecule has 2 rings (SSSR count). The van der Waals surface area contributed by atoms with Gasteiger partial charge in [0.25, 0.3) is 5.91 Å². The average molecular weight is 376 g/mol. The second kappa shape index (κ2) is 6.17. The first-order chi connectivity index (χ1) is 8.58. The van der Waals surface area contributed by atoms with Crippen molar-refractivity contribution >= 4 is 37.8 Å². The van der Waals surface area contributed by atoms with E-state index in [4.69, 9.17) is 0 Å². The highest BCUT2D eigenvalue weighted by Crippen LogP contribution is 2.22. The van der Waals surface area contributed by atoms with Gasteiger partial charge in [0, 0.05) is 21.0 Å². The monoisotopic (exact) mass is 374 g/mol. The number of piperidine rings is 1. The Morgan fingerprint density at radius 1 is 1.44 bits per heavy atom. The molecule has 0 saturated carbocycles. The van der Waals surface area contributed by atoms with E-state index in [0.717, 1.165) is 28.3 Å². The Morgan fingerprint density at radius 2 is 2.22 bits per heavy atom. The van der Waals surface area contributed by atoms with Crippen molar-refractivity contribution < 1.29 is 4.79 Å². The second-order valence-electron chi connectivity index (χ2n) is 4.59. The van der Waals surface area contributed by atoms with Gasteiger partial charge in [-0.25, -0.2) is 0 Å². The molecule has 0 aromatic heterocycles. The van der Waals surface area contributed by atoms with Crippen molar-refractivity contribution in [2.24, 2.45) is 0 Å². The summed E-state index contributed by atoms with van der Waals surface area (Å²) in [5, 5.41) is 6.48. The summed E-state index contributed by atoms with van der Waals surface area (Å²) in [6.07, 6.45) is 2.14. The van der Waals surface area contributed by atoms with Gasteiger partial charge < -0.3 is 10.6 Å². The Kier molecular flexibility index (Phi) is 4.81. The van der Waals surface area contributed by atoms with Crippen molar-refractivity contribution in [3.63, 3.8) is 0 Å². The lowest BCUT2D eigenvalue weighted by Gasteiger charge is -2.30. The highest BCUT2D eigenvalue weighted by Gasteiger charge is 2.23. The maximum Gasteiger partial charge on any atom is 0.252 e. The highest BCUT2D eigenvalue weighted by molar-refractivity contribution is 9.11. The van der Waals surface area contributed by atoms with Gasteiger partial charge in [-0.15, -0.1) is 0 Å².